The normalized spacial score (nSPS) is 16.1. The van der Waals surface area contributed by atoms with E-state index in [0.717, 1.165) is 108 Å². The standard InChI is InChI=1S/C33H35N7O2S/c1-38-22-29(31(37-38)25-6-8-26(9-7-25)35-33(41)40-14-18-43-19-15-40)27-10-11-34-32-28(27)20-30(36-32)24-4-2-23(3-5-24)21-39-12-16-42-17-13-39/h2-11,20,22H,12-19,21H2,1H3,(H,34,36)(H,35,41). The molecule has 2 amide bonds. The Kier molecular flexibility index (Phi) is 7.88. The van der Waals surface area contributed by atoms with Crippen LogP contribution in [0.15, 0.2) is 73.1 Å². The highest BCUT2D eigenvalue weighted by atomic mass is 32.2. The van der Waals surface area contributed by atoms with Crippen molar-refractivity contribution in [1.29, 1.82) is 0 Å². The van der Waals surface area contributed by atoms with E-state index in [4.69, 9.17) is 9.84 Å². The number of nitrogens with zero attached hydrogens (tertiary/aromatic N) is 5. The summed E-state index contributed by atoms with van der Waals surface area (Å²) in [7, 11) is 1.94. The van der Waals surface area contributed by atoms with Gasteiger partial charge in [-0.3, -0.25) is 9.58 Å². The van der Waals surface area contributed by atoms with Crippen molar-refractivity contribution < 1.29 is 9.53 Å². The monoisotopic (exact) mass is 593 g/mol. The van der Waals surface area contributed by atoms with Gasteiger partial charge in [0.25, 0.3) is 0 Å². The SMILES string of the molecule is Cn1cc(-c2ccnc3[nH]c(-c4ccc(CN5CCOCC5)cc4)cc23)c(-c2ccc(NC(=O)N3CCSCC3)cc2)n1. The molecule has 0 unspecified atom stereocenters. The topological polar surface area (TPSA) is 91.3 Å². The van der Waals surface area contributed by atoms with Crippen molar-refractivity contribution in [3.05, 3.63) is 78.6 Å². The molecule has 10 heteroatoms. The van der Waals surface area contributed by atoms with Gasteiger partial charge in [-0.15, -0.1) is 0 Å². The van der Waals surface area contributed by atoms with E-state index in [-0.39, 0.29) is 6.03 Å². The summed E-state index contributed by atoms with van der Waals surface area (Å²) in [5.74, 6) is 1.97. The number of morpholine rings is 1. The molecular formula is C33H35N7O2S. The number of carbonyl (C=O) groups excluding carboxylic acids is 1. The Labute approximate surface area is 255 Å². The molecule has 7 rings (SSSR count). The molecule has 0 spiro atoms. The number of H-pyrrole nitrogens is 1. The third kappa shape index (κ3) is 6.04. The number of aryl methyl sites for hydroxylation is 1. The van der Waals surface area contributed by atoms with Crippen molar-refractivity contribution in [2.45, 2.75) is 6.54 Å². The highest BCUT2D eigenvalue weighted by Crippen LogP contribution is 2.37. The van der Waals surface area contributed by atoms with E-state index in [1.54, 1.807) is 0 Å². The third-order valence-corrected chi connectivity index (χ3v) is 9.08. The zero-order valence-electron chi connectivity index (χ0n) is 24.3. The molecule has 2 aromatic carbocycles. The van der Waals surface area contributed by atoms with Gasteiger partial charge in [-0.05, 0) is 41.0 Å². The maximum absolute atomic E-state index is 12.7. The summed E-state index contributed by atoms with van der Waals surface area (Å²) in [5, 5.41) is 8.92. The van der Waals surface area contributed by atoms with Crippen LogP contribution in [-0.2, 0) is 18.3 Å². The van der Waals surface area contributed by atoms with E-state index in [2.05, 4.69) is 62.8 Å². The number of hydrogen-bond acceptors (Lipinski definition) is 6. The fourth-order valence-electron chi connectivity index (χ4n) is 5.80. The maximum Gasteiger partial charge on any atom is 0.321 e. The number of rotatable bonds is 6. The molecule has 5 aromatic rings. The lowest BCUT2D eigenvalue weighted by molar-refractivity contribution is 0.0342. The molecule has 220 valence electrons. The minimum atomic E-state index is -0.0410. The number of aromatic amines is 1. The number of carbonyl (C=O) groups is 1. The number of hydrogen-bond donors (Lipinski definition) is 2. The van der Waals surface area contributed by atoms with Gasteiger partial charge in [0.1, 0.15) is 11.3 Å². The molecule has 0 atom stereocenters. The molecule has 9 nitrogen and oxygen atoms in total. The molecule has 43 heavy (non-hydrogen) atoms. The zero-order chi connectivity index (χ0) is 29.2. The highest BCUT2D eigenvalue weighted by molar-refractivity contribution is 7.99. The average Bonchev–Trinajstić information content (AvgIpc) is 3.66. The Morgan fingerprint density at radius 3 is 2.47 bits per heavy atom. The van der Waals surface area contributed by atoms with Gasteiger partial charge in [0.2, 0.25) is 0 Å². The molecule has 2 fully saturated rings. The van der Waals surface area contributed by atoms with E-state index in [9.17, 15) is 4.79 Å². The van der Waals surface area contributed by atoms with Crippen LogP contribution >= 0.6 is 11.8 Å². The minimum Gasteiger partial charge on any atom is -0.379 e. The summed E-state index contributed by atoms with van der Waals surface area (Å²) in [4.78, 5) is 25.2. The second-order valence-corrected chi connectivity index (χ2v) is 12.3. The molecule has 0 aliphatic carbocycles. The number of anilines is 1. The molecule has 2 N–H and O–H groups in total. The van der Waals surface area contributed by atoms with Crippen LogP contribution in [0.2, 0.25) is 0 Å². The molecule has 3 aromatic heterocycles. The number of fused-ring (bicyclic) bond motifs is 1. The molecule has 0 bridgehead atoms. The van der Waals surface area contributed by atoms with Crippen LogP contribution in [0.5, 0.6) is 0 Å². The van der Waals surface area contributed by atoms with E-state index in [1.807, 2.05) is 58.9 Å². The fourth-order valence-corrected chi connectivity index (χ4v) is 6.71. The van der Waals surface area contributed by atoms with Gasteiger partial charge < -0.3 is 19.9 Å². The first-order valence-corrected chi connectivity index (χ1v) is 15.9. The van der Waals surface area contributed by atoms with Crippen LogP contribution in [0.1, 0.15) is 5.56 Å². The zero-order valence-corrected chi connectivity index (χ0v) is 25.1. The quantitative estimate of drug-likeness (QED) is 0.262. The Bertz CT molecular complexity index is 1720. The largest absolute Gasteiger partial charge is 0.379 e. The Balaban J connectivity index is 1.13. The average molecular weight is 594 g/mol. The molecule has 2 saturated heterocycles. The molecule has 5 heterocycles. The minimum absolute atomic E-state index is 0.0410. The Morgan fingerprint density at radius 1 is 0.953 bits per heavy atom. The number of nitrogens with one attached hydrogen (secondary N) is 2. The van der Waals surface area contributed by atoms with Crippen LogP contribution in [0.4, 0.5) is 10.5 Å². The van der Waals surface area contributed by atoms with E-state index < -0.39 is 0 Å². The number of pyridine rings is 1. The first-order chi connectivity index (χ1) is 21.1. The smallest absolute Gasteiger partial charge is 0.321 e. The Morgan fingerprint density at radius 2 is 1.70 bits per heavy atom. The number of amides is 2. The first-order valence-electron chi connectivity index (χ1n) is 14.8. The lowest BCUT2D eigenvalue weighted by atomic mass is 10.00. The van der Waals surface area contributed by atoms with Crippen molar-refractivity contribution in [2.75, 3.05) is 56.2 Å². The van der Waals surface area contributed by atoms with Crippen molar-refractivity contribution in [1.82, 2.24) is 29.5 Å². The number of thioether (sulfide) groups is 1. The van der Waals surface area contributed by atoms with Gasteiger partial charge in [-0.1, -0.05) is 36.4 Å². The lowest BCUT2D eigenvalue weighted by Gasteiger charge is -2.26. The summed E-state index contributed by atoms with van der Waals surface area (Å²) >= 11 is 1.89. The molecule has 2 aliphatic rings. The maximum atomic E-state index is 12.7. The van der Waals surface area contributed by atoms with Gasteiger partial charge in [0.05, 0.1) is 13.2 Å². The van der Waals surface area contributed by atoms with Crippen molar-refractivity contribution >= 4 is 34.5 Å². The van der Waals surface area contributed by atoms with Gasteiger partial charge in [0.15, 0.2) is 0 Å². The van der Waals surface area contributed by atoms with Crippen LogP contribution in [-0.4, -0.2) is 86.5 Å². The number of aromatic nitrogens is 4. The van der Waals surface area contributed by atoms with E-state index in [1.165, 1.54) is 5.56 Å². The fraction of sp³-hybridized carbons (Fsp3) is 0.303. The molecule has 2 aliphatic heterocycles. The van der Waals surface area contributed by atoms with Crippen molar-refractivity contribution in [3.8, 4) is 33.6 Å². The molecule has 0 saturated carbocycles. The first kappa shape index (κ1) is 27.7. The number of benzene rings is 2. The second kappa shape index (κ2) is 12.2. The van der Waals surface area contributed by atoms with Crippen molar-refractivity contribution in [3.63, 3.8) is 0 Å². The summed E-state index contributed by atoms with van der Waals surface area (Å²) in [5.41, 5.74) is 9.06. The third-order valence-electron chi connectivity index (χ3n) is 8.13. The van der Waals surface area contributed by atoms with E-state index >= 15 is 0 Å². The van der Waals surface area contributed by atoms with Crippen LogP contribution in [0, 0.1) is 0 Å². The predicted molar refractivity (Wildman–Crippen MR) is 173 cm³/mol. The molecule has 0 radical (unpaired) electrons. The summed E-state index contributed by atoms with van der Waals surface area (Å²) in [6.45, 7) is 6.09. The number of urea groups is 1. The number of ether oxygens (including phenoxy) is 1. The predicted octanol–water partition coefficient (Wildman–Crippen LogP) is 5.71. The van der Waals surface area contributed by atoms with Gasteiger partial charge in [0, 0.05) is 91.6 Å². The lowest BCUT2D eigenvalue weighted by Crippen LogP contribution is -2.40. The van der Waals surface area contributed by atoms with E-state index in [0.29, 0.717) is 0 Å². The summed E-state index contributed by atoms with van der Waals surface area (Å²) in [6, 6.07) is 20.9. The van der Waals surface area contributed by atoms with Gasteiger partial charge in [-0.25, -0.2) is 9.78 Å². The molecular weight excluding hydrogens is 558 g/mol. The van der Waals surface area contributed by atoms with Gasteiger partial charge >= 0.3 is 6.03 Å². The second-order valence-electron chi connectivity index (χ2n) is 11.1. The van der Waals surface area contributed by atoms with Crippen LogP contribution in [0.3, 0.4) is 0 Å². The van der Waals surface area contributed by atoms with Gasteiger partial charge in [-0.2, -0.15) is 16.9 Å². The van der Waals surface area contributed by atoms with Crippen LogP contribution in [0.25, 0.3) is 44.7 Å². The summed E-state index contributed by atoms with van der Waals surface area (Å²) in [6.07, 6.45) is 3.90. The Hall–Kier alpha value is -4.12. The van der Waals surface area contributed by atoms with Crippen molar-refractivity contribution in [2.24, 2.45) is 7.05 Å². The highest BCUT2D eigenvalue weighted by Gasteiger charge is 2.19. The summed E-state index contributed by atoms with van der Waals surface area (Å²) < 4.78 is 7.33. The van der Waals surface area contributed by atoms with Crippen LogP contribution < -0.4 is 5.32 Å².